The summed E-state index contributed by atoms with van der Waals surface area (Å²) < 4.78 is 0. The van der Waals surface area contributed by atoms with E-state index in [-0.39, 0.29) is 10.8 Å². The summed E-state index contributed by atoms with van der Waals surface area (Å²) in [6, 6.07) is 0. The average molecular weight is 190 g/mol. The van der Waals surface area contributed by atoms with Crippen molar-refractivity contribution in [2.75, 3.05) is 0 Å². The Kier molecular flexibility index (Phi) is 2.76. The molecule has 0 amide bonds. The highest BCUT2D eigenvalue weighted by Crippen LogP contribution is 2.49. The second-order valence-corrected chi connectivity index (χ2v) is 5.50. The molecule has 78 valence electrons. The fourth-order valence-corrected chi connectivity index (χ4v) is 2.40. The van der Waals surface area contributed by atoms with Crippen LogP contribution in [0.15, 0.2) is 36.5 Å². The summed E-state index contributed by atoms with van der Waals surface area (Å²) in [5.41, 5.74) is 3.29. The normalized spacial score (nSPS) is 24.6. The predicted molar refractivity (Wildman–Crippen MR) is 64.2 cm³/mol. The molecular formula is C14H22. The zero-order valence-electron chi connectivity index (χ0n) is 9.98. The monoisotopic (exact) mass is 190 g/mol. The summed E-state index contributed by atoms with van der Waals surface area (Å²) in [5.74, 6) is 0. The molecule has 0 N–H and O–H groups in total. The van der Waals surface area contributed by atoms with E-state index < -0.39 is 0 Å². The van der Waals surface area contributed by atoms with Gasteiger partial charge in [0.15, 0.2) is 0 Å². The van der Waals surface area contributed by atoms with Crippen LogP contribution in [0.3, 0.4) is 0 Å². The molecule has 0 bridgehead atoms. The Morgan fingerprint density at radius 2 is 1.14 bits per heavy atom. The van der Waals surface area contributed by atoms with Crippen LogP contribution in [0.1, 0.15) is 40.5 Å². The minimum atomic E-state index is 0.265. The molecule has 0 heterocycles. The summed E-state index contributed by atoms with van der Waals surface area (Å²) in [6.45, 7) is 17.1. The van der Waals surface area contributed by atoms with Crippen molar-refractivity contribution in [3.05, 3.63) is 36.5 Å². The van der Waals surface area contributed by atoms with Crippen LogP contribution in [-0.2, 0) is 0 Å². The van der Waals surface area contributed by atoms with Crippen LogP contribution in [0.5, 0.6) is 0 Å². The number of hydrogen-bond donors (Lipinski definition) is 0. The maximum absolute atomic E-state index is 3.94. The number of rotatable bonds is 2. The predicted octanol–water partition coefficient (Wildman–Crippen LogP) is 4.50. The van der Waals surface area contributed by atoms with Crippen molar-refractivity contribution < 1.29 is 0 Å². The summed E-state index contributed by atoms with van der Waals surface area (Å²) >= 11 is 0. The molecule has 0 aromatic rings. The molecule has 0 heteroatoms. The quantitative estimate of drug-likeness (QED) is 0.601. The van der Waals surface area contributed by atoms with Crippen LogP contribution in [-0.4, -0.2) is 0 Å². The standard InChI is InChI=1S/C14H22/c1-7-11-12(8-2)14(5,6)10-9-13(11,3)4/h7-8H,1-2,9-10H2,3-6H3. The van der Waals surface area contributed by atoms with Crippen molar-refractivity contribution in [1.29, 1.82) is 0 Å². The highest BCUT2D eigenvalue weighted by Gasteiger charge is 2.36. The topological polar surface area (TPSA) is 0 Å². The summed E-state index contributed by atoms with van der Waals surface area (Å²) in [4.78, 5) is 0. The van der Waals surface area contributed by atoms with E-state index in [1.807, 2.05) is 12.2 Å². The molecule has 0 aromatic heterocycles. The van der Waals surface area contributed by atoms with Gasteiger partial charge in [0.2, 0.25) is 0 Å². The van der Waals surface area contributed by atoms with Gasteiger partial charge < -0.3 is 0 Å². The third-order valence-electron chi connectivity index (χ3n) is 3.53. The van der Waals surface area contributed by atoms with Gasteiger partial charge in [-0.25, -0.2) is 0 Å². The molecule has 14 heavy (non-hydrogen) atoms. The van der Waals surface area contributed by atoms with E-state index in [0.717, 1.165) is 0 Å². The Morgan fingerprint density at radius 1 is 0.857 bits per heavy atom. The van der Waals surface area contributed by atoms with Crippen LogP contribution < -0.4 is 0 Å². The SMILES string of the molecule is C=CC1=C(C=C)C(C)(C)CCC1(C)C. The Hall–Kier alpha value is -0.780. The van der Waals surface area contributed by atoms with Crippen molar-refractivity contribution in [1.82, 2.24) is 0 Å². The Balaban J connectivity index is 3.34. The van der Waals surface area contributed by atoms with Crippen molar-refractivity contribution in [3.8, 4) is 0 Å². The van der Waals surface area contributed by atoms with E-state index in [9.17, 15) is 0 Å². The lowest BCUT2D eigenvalue weighted by Gasteiger charge is -2.42. The minimum Gasteiger partial charge on any atom is -0.0988 e. The van der Waals surface area contributed by atoms with Crippen molar-refractivity contribution >= 4 is 0 Å². The third-order valence-corrected chi connectivity index (χ3v) is 3.53. The van der Waals surface area contributed by atoms with Crippen molar-refractivity contribution in [2.45, 2.75) is 40.5 Å². The van der Waals surface area contributed by atoms with E-state index >= 15 is 0 Å². The average Bonchev–Trinajstić information content (AvgIpc) is 2.09. The van der Waals surface area contributed by atoms with Crippen molar-refractivity contribution in [3.63, 3.8) is 0 Å². The lowest BCUT2D eigenvalue weighted by atomic mass is 9.63. The second-order valence-electron chi connectivity index (χ2n) is 5.50. The first-order valence-electron chi connectivity index (χ1n) is 5.35. The smallest absolute Gasteiger partial charge is 0.0101 e. The van der Waals surface area contributed by atoms with Crippen molar-refractivity contribution in [2.24, 2.45) is 10.8 Å². The van der Waals surface area contributed by atoms with Gasteiger partial charge in [-0.05, 0) is 34.8 Å². The van der Waals surface area contributed by atoms with E-state index in [4.69, 9.17) is 0 Å². The molecule has 0 fully saturated rings. The molecule has 0 saturated heterocycles. The lowest BCUT2D eigenvalue weighted by Crippen LogP contribution is -2.29. The van der Waals surface area contributed by atoms with Crippen LogP contribution >= 0.6 is 0 Å². The molecular weight excluding hydrogens is 168 g/mol. The van der Waals surface area contributed by atoms with Gasteiger partial charge >= 0.3 is 0 Å². The van der Waals surface area contributed by atoms with Gasteiger partial charge in [-0.2, -0.15) is 0 Å². The fraction of sp³-hybridized carbons (Fsp3) is 0.571. The zero-order valence-corrected chi connectivity index (χ0v) is 9.98. The second kappa shape index (κ2) is 3.42. The summed E-state index contributed by atoms with van der Waals surface area (Å²) in [7, 11) is 0. The highest BCUT2D eigenvalue weighted by molar-refractivity contribution is 5.41. The first-order valence-corrected chi connectivity index (χ1v) is 5.35. The van der Waals surface area contributed by atoms with E-state index in [1.54, 1.807) is 0 Å². The molecule has 1 aliphatic rings. The van der Waals surface area contributed by atoms with Gasteiger partial charge in [0.05, 0.1) is 0 Å². The third kappa shape index (κ3) is 1.70. The molecule has 0 spiro atoms. The molecule has 0 radical (unpaired) electrons. The number of allylic oxidation sites excluding steroid dienone is 4. The number of hydrogen-bond acceptors (Lipinski definition) is 0. The Bertz CT molecular complexity index is 257. The summed E-state index contributed by atoms with van der Waals surface area (Å²) in [5, 5.41) is 0. The molecule has 0 aromatic carbocycles. The minimum absolute atomic E-state index is 0.265. The first-order chi connectivity index (χ1) is 6.35. The molecule has 0 aliphatic heterocycles. The molecule has 0 saturated carbocycles. The Morgan fingerprint density at radius 3 is 1.36 bits per heavy atom. The van der Waals surface area contributed by atoms with Gasteiger partial charge in [-0.1, -0.05) is 53.0 Å². The van der Waals surface area contributed by atoms with Gasteiger partial charge in [0.25, 0.3) is 0 Å². The molecule has 0 unspecified atom stereocenters. The van der Waals surface area contributed by atoms with E-state index in [1.165, 1.54) is 24.0 Å². The van der Waals surface area contributed by atoms with Crippen LogP contribution in [0, 0.1) is 10.8 Å². The first kappa shape index (κ1) is 11.3. The molecule has 1 rings (SSSR count). The zero-order chi connectivity index (χ0) is 11.0. The lowest BCUT2D eigenvalue weighted by molar-refractivity contribution is 0.273. The van der Waals surface area contributed by atoms with Gasteiger partial charge in [0, 0.05) is 0 Å². The van der Waals surface area contributed by atoms with Gasteiger partial charge in [0.1, 0.15) is 0 Å². The fourth-order valence-electron chi connectivity index (χ4n) is 2.40. The van der Waals surface area contributed by atoms with E-state index in [0.29, 0.717) is 0 Å². The molecule has 1 aliphatic carbocycles. The molecule has 0 atom stereocenters. The van der Waals surface area contributed by atoms with Crippen LogP contribution in [0.25, 0.3) is 0 Å². The Labute approximate surface area is 88.4 Å². The van der Waals surface area contributed by atoms with Gasteiger partial charge in [-0.15, -0.1) is 0 Å². The van der Waals surface area contributed by atoms with Crippen LogP contribution in [0.4, 0.5) is 0 Å². The highest BCUT2D eigenvalue weighted by atomic mass is 14.4. The van der Waals surface area contributed by atoms with Gasteiger partial charge in [-0.3, -0.25) is 0 Å². The maximum atomic E-state index is 3.94. The maximum Gasteiger partial charge on any atom is -0.0101 e. The van der Waals surface area contributed by atoms with Crippen LogP contribution in [0.2, 0.25) is 0 Å². The summed E-state index contributed by atoms with van der Waals surface area (Å²) in [6.07, 6.45) is 6.49. The molecule has 0 nitrogen and oxygen atoms in total. The largest absolute Gasteiger partial charge is 0.0988 e. The van der Waals surface area contributed by atoms with E-state index in [2.05, 4.69) is 40.9 Å².